The Hall–Kier alpha value is -1.16. The Labute approximate surface area is 123 Å². The highest BCUT2D eigenvalue weighted by atomic mass is 35.5. The van der Waals surface area contributed by atoms with Gasteiger partial charge in [0.05, 0.1) is 15.7 Å². The highest BCUT2D eigenvalue weighted by Crippen LogP contribution is 2.26. The predicted molar refractivity (Wildman–Crippen MR) is 78.5 cm³/mol. The topological polar surface area (TPSA) is 37.8 Å². The van der Waals surface area contributed by atoms with Crippen molar-refractivity contribution < 1.29 is 0 Å². The van der Waals surface area contributed by atoms with Gasteiger partial charge in [0.15, 0.2) is 0 Å². The van der Waals surface area contributed by atoms with E-state index >= 15 is 0 Å². The number of nitrogens with zero attached hydrogens (tertiary/aromatic N) is 2. The van der Waals surface area contributed by atoms with Gasteiger partial charge in [-0.15, -0.1) is 0 Å². The van der Waals surface area contributed by atoms with Gasteiger partial charge in [0.2, 0.25) is 0 Å². The average molecular weight is 296 g/mol. The molecule has 0 saturated heterocycles. The van der Waals surface area contributed by atoms with Crippen molar-refractivity contribution in [2.75, 3.05) is 0 Å². The molecule has 0 radical (unpaired) electrons. The largest absolute Gasteiger partial charge is 0.302 e. The lowest BCUT2D eigenvalue weighted by atomic mass is 10.1. The van der Waals surface area contributed by atoms with Crippen LogP contribution in [0, 0.1) is 0 Å². The lowest BCUT2D eigenvalue weighted by Gasteiger charge is -2.20. The summed E-state index contributed by atoms with van der Waals surface area (Å²) in [4.78, 5) is 8.36. The van der Waals surface area contributed by atoms with E-state index in [1.54, 1.807) is 18.6 Å². The lowest BCUT2D eigenvalue weighted by molar-refractivity contribution is 0.485. The van der Waals surface area contributed by atoms with Crippen LogP contribution in [-0.4, -0.2) is 9.97 Å². The van der Waals surface area contributed by atoms with Gasteiger partial charge in [0.25, 0.3) is 0 Å². The lowest BCUT2D eigenvalue weighted by Crippen LogP contribution is -2.23. The minimum Gasteiger partial charge on any atom is -0.302 e. The van der Waals surface area contributed by atoms with E-state index in [0.717, 1.165) is 11.3 Å². The highest BCUT2D eigenvalue weighted by molar-refractivity contribution is 6.42. The van der Waals surface area contributed by atoms with E-state index < -0.39 is 0 Å². The van der Waals surface area contributed by atoms with Crippen molar-refractivity contribution in [3.63, 3.8) is 0 Å². The summed E-state index contributed by atoms with van der Waals surface area (Å²) in [6.45, 7) is 4.13. The number of halogens is 2. The van der Waals surface area contributed by atoms with Crippen molar-refractivity contribution in [2.45, 2.75) is 25.9 Å². The SMILES string of the molecule is CC(NC(C)c1cnccn1)c1ccc(Cl)c(Cl)c1. The maximum absolute atomic E-state index is 6.03. The second kappa shape index (κ2) is 6.33. The fraction of sp³-hybridized carbons (Fsp3) is 0.286. The molecule has 5 heteroatoms. The molecule has 0 aliphatic carbocycles. The molecule has 0 saturated carbocycles. The van der Waals surface area contributed by atoms with Gasteiger partial charge < -0.3 is 5.32 Å². The molecule has 2 unspecified atom stereocenters. The number of hydrogen-bond donors (Lipinski definition) is 1. The fourth-order valence-corrected chi connectivity index (χ4v) is 2.18. The van der Waals surface area contributed by atoms with E-state index in [1.807, 2.05) is 18.2 Å². The van der Waals surface area contributed by atoms with E-state index in [4.69, 9.17) is 23.2 Å². The van der Waals surface area contributed by atoms with E-state index in [-0.39, 0.29) is 12.1 Å². The molecule has 0 amide bonds. The van der Waals surface area contributed by atoms with Crippen molar-refractivity contribution >= 4 is 23.2 Å². The maximum Gasteiger partial charge on any atom is 0.0753 e. The Kier molecular flexibility index (Phi) is 4.75. The van der Waals surface area contributed by atoms with Crippen LogP contribution in [0.2, 0.25) is 10.0 Å². The molecule has 1 N–H and O–H groups in total. The summed E-state index contributed by atoms with van der Waals surface area (Å²) in [7, 11) is 0. The van der Waals surface area contributed by atoms with Gasteiger partial charge in [0, 0.05) is 30.7 Å². The van der Waals surface area contributed by atoms with Gasteiger partial charge in [0.1, 0.15) is 0 Å². The maximum atomic E-state index is 6.03. The van der Waals surface area contributed by atoms with Crippen molar-refractivity contribution in [1.82, 2.24) is 15.3 Å². The van der Waals surface area contributed by atoms with Crippen LogP contribution in [0.3, 0.4) is 0 Å². The molecule has 0 fully saturated rings. The molecule has 0 spiro atoms. The standard InChI is InChI=1S/C14H15Cl2N3/c1-9(11-3-4-12(15)13(16)7-11)19-10(2)14-8-17-5-6-18-14/h3-10,19H,1-2H3. The summed E-state index contributed by atoms with van der Waals surface area (Å²) in [6, 6.07) is 5.91. The Morgan fingerprint density at radius 1 is 1.05 bits per heavy atom. The third-order valence-electron chi connectivity index (χ3n) is 2.97. The van der Waals surface area contributed by atoms with Crippen molar-refractivity contribution in [3.05, 3.63) is 58.1 Å². The normalized spacial score (nSPS) is 14.1. The van der Waals surface area contributed by atoms with Crippen LogP contribution < -0.4 is 5.32 Å². The first-order valence-corrected chi connectivity index (χ1v) is 6.80. The first kappa shape index (κ1) is 14.3. The van der Waals surface area contributed by atoms with Gasteiger partial charge in [-0.1, -0.05) is 29.3 Å². The minimum absolute atomic E-state index is 0.109. The molecule has 0 bridgehead atoms. The van der Waals surface area contributed by atoms with Crippen LogP contribution >= 0.6 is 23.2 Å². The van der Waals surface area contributed by atoms with E-state index in [2.05, 4.69) is 29.1 Å². The van der Waals surface area contributed by atoms with Crippen molar-refractivity contribution in [2.24, 2.45) is 0 Å². The summed E-state index contributed by atoms with van der Waals surface area (Å²) in [6.07, 6.45) is 5.12. The summed E-state index contributed by atoms with van der Waals surface area (Å²) in [5.74, 6) is 0. The molecule has 1 aromatic carbocycles. The van der Waals surface area contributed by atoms with Gasteiger partial charge >= 0.3 is 0 Å². The molecule has 100 valence electrons. The Bertz CT molecular complexity index is 546. The van der Waals surface area contributed by atoms with Crippen molar-refractivity contribution in [3.8, 4) is 0 Å². The highest BCUT2D eigenvalue weighted by Gasteiger charge is 2.13. The van der Waals surface area contributed by atoms with Crippen LogP contribution in [0.5, 0.6) is 0 Å². The predicted octanol–water partition coefficient (Wildman–Crippen LogP) is 4.20. The summed E-state index contributed by atoms with van der Waals surface area (Å²) >= 11 is 11.9. The van der Waals surface area contributed by atoms with E-state index in [1.165, 1.54) is 0 Å². The Morgan fingerprint density at radius 3 is 2.47 bits per heavy atom. The summed E-state index contributed by atoms with van der Waals surface area (Å²) < 4.78 is 0. The molecule has 3 nitrogen and oxygen atoms in total. The molecular formula is C14H15Cl2N3. The molecule has 2 rings (SSSR count). The average Bonchev–Trinajstić information content (AvgIpc) is 2.42. The van der Waals surface area contributed by atoms with Crippen LogP contribution in [0.15, 0.2) is 36.8 Å². The minimum atomic E-state index is 0.109. The summed E-state index contributed by atoms with van der Waals surface area (Å²) in [5, 5.41) is 4.59. The van der Waals surface area contributed by atoms with Crippen LogP contribution in [0.25, 0.3) is 0 Å². The number of aromatic nitrogens is 2. The van der Waals surface area contributed by atoms with Gasteiger partial charge in [-0.25, -0.2) is 0 Å². The van der Waals surface area contributed by atoms with E-state index in [0.29, 0.717) is 10.0 Å². The monoisotopic (exact) mass is 295 g/mol. The molecule has 19 heavy (non-hydrogen) atoms. The Morgan fingerprint density at radius 2 is 1.84 bits per heavy atom. The van der Waals surface area contributed by atoms with Gasteiger partial charge in [-0.05, 0) is 31.5 Å². The second-order valence-corrected chi connectivity index (χ2v) is 5.23. The second-order valence-electron chi connectivity index (χ2n) is 4.41. The van der Waals surface area contributed by atoms with Crippen LogP contribution in [0.1, 0.15) is 37.2 Å². The zero-order valence-electron chi connectivity index (χ0n) is 10.8. The number of hydrogen-bond acceptors (Lipinski definition) is 3. The molecule has 1 heterocycles. The van der Waals surface area contributed by atoms with E-state index in [9.17, 15) is 0 Å². The first-order valence-electron chi connectivity index (χ1n) is 6.05. The fourth-order valence-electron chi connectivity index (χ4n) is 1.87. The molecule has 1 aromatic heterocycles. The van der Waals surface area contributed by atoms with Crippen molar-refractivity contribution in [1.29, 1.82) is 0 Å². The smallest absolute Gasteiger partial charge is 0.0753 e. The molecular weight excluding hydrogens is 281 g/mol. The number of benzene rings is 1. The molecule has 2 aromatic rings. The van der Waals surface area contributed by atoms with Gasteiger partial charge in [-0.2, -0.15) is 0 Å². The molecule has 2 atom stereocenters. The third kappa shape index (κ3) is 3.66. The Balaban J connectivity index is 2.08. The third-order valence-corrected chi connectivity index (χ3v) is 3.71. The molecule has 0 aliphatic heterocycles. The zero-order chi connectivity index (χ0) is 13.8. The van der Waals surface area contributed by atoms with Crippen LogP contribution in [0.4, 0.5) is 0 Å². The zero-order valence-corrected chi connectivity index (χ0v) is 12.3. The number of rotatable bonds is 4. The van der Waals surface area contributed by atoms with Crippen LogP contribution in [-0.2, 0) is 0 Å². The first-order chi connectivity index (χ1) is 9.08. The van der Waals surface area contributed by atoms with Gasteiger partial charge in [-0.3, -0.25) is 9.97 Å². The quantitative estimate of drug-likeness (QED) is 0.919. The number of nitrogens with one attached hydrogen (secondary N) is 1. The molecule has 0 aliphatic rings. The summed E-state index contributed by atoms with van der Waals surface area (Å²) in [5.41, 5.74) is 2.00.